The summed E-state index contributed by atoms with van der Waals surface area (Å²) in [5, 5.41) is 8.59. The van der Waals surface area contributed by atoms with Crippen LogP contribution in [-0.4, -0.2) is 62.5 Å². The molecule has 8 nitrogen and oxygen atoms in total. The Morgan fingerprint density at radius 3 is 2.38 bits per heavy atom. The van der Waals surface area contributed by atoms with Crippen molar-refractivity contribution >= 4 is 29.1 Å². The van der Waals surface area contributed by atoms with Crippen LogP contribution in [0.4, 0.5) is 11.4 Å². The lowest BCUT2D eigenvalue weighted by molar-refractivity contribution is -0.114. The van der Waals surface area contributed by atoms with Crippen LogP contribution in [0.15, 0.2) is 48.5 Å². The molecule has 0 saturated carbocycles. The number of anilines is 2. The van der Waals surface area contributed by atoms with Crippen LogP contribution in [0.3, 0.4) is 0 Å². The van der Waals surface area contributed by atoms with Crippen LogP contribution in [-0.2, 0) is 9.53 Å². The lowest BCUT2D eigenvalue weighted by Gasteiger charge is -2.26. The van der Waals surface area contributed by atoms with Gasteiger partial charge in [-0.25, -0.2) is 0 Å². The Bertz CT molecular complexity index is 941. The highest BCUT2D eigenvalue weighted by atomic mass is 16.5. The van der Waals surface area contributed by atoms with Gasteiger partial charge >= 0.3 is 0 Å². The molecule has 1 saturated heterocycles. The van der Waals surface area contributed by atoms with Crippen molar-refractivity contribution in [3.8, 4) is 0 Å². The van der Waals surface area contributed by atoms with E-state index in [2.05, 4.69) is 16.0 Å². The van der Waals surface area contributed by atoms with E-state index in [9.17, 15) is 14.4 Å². The highest BCUT2D eigenvalue weighted by Crippen LogP contribution is 2.16. The lowest BCUT2D eigenvalue weighted by atomic mass is 10.1. The molecule has 0 spiro atoms. The van der Waals surface area contributed by atoms with Gasteiger partial charge in [-0.3, -0.25) is 14.4 Å². The number of nitrogens with one attached hydrogen (secondary N) is 3. The molecule has 2 aromatic rings. The van der Waals surface area contributed by atoms with Gasteiger partial charge in [0.25, 0.3) is 11.8 Å². The Kier molecular flexibility index (Phi) is 8.62. The summed E-state index contributed by atoms with van der Waals surface area (Å²) in [6.07, 6.45) is 3.25. The van der Waals surface area contributed by atoms with E-state index in [0.29, 0.717) is 35.7 Å². The van der Waals surface area contributed by atoms with Gasteiger partial charge in [-0.15, -0.1) is 0 Å². The number of piperidine rings is 1. The third kappa shape index (κ3) is 6.81. The molecule has 1 heterocycles. The summed E-state index contributed by atoms with van der Waals surface area (Å²) in [6, 6.07) is 13.9. The first-order valence-corrected chi connectivity index (χ1v) is 10.9. The van der Waals surface area contributed by atoms with Gasteiger partial charge in [-0.2, -0.15) is 0 Å². The van der Waals surface area contributed by atoms with E-state index in [1.807, 2.05) is 17.0 Å². The molecule has 1 aliphatic rings. The smallest absolute Gasteiger partial charge is 0.253 e. The second kappa shape index (κ2) is 11.9. The molecule has 1 fully saturated rings. The monoisotopic (exact) mass is 438 g/mol. The molecule has 8 heteroatoms. The molecule has 0 radical (unpaired) electrons. The average Bonchev–Trinajstić information content (AvgIpc) is 2.83. The van der Waals surface area contributed by atoms with Gasteiger partial charge in [0.2, 0.25) is 5.91 Å². The number of carbonyl (C=O) groups excluding carboxylic acids is 3. The molecule has 170 valence electrons. The fourth-order valence-electron chi connectivity index (χ4n) is 3.54. The van der Waals surface area contributed by atoms with E-state index in [0.717, 1.165) is 25.9 Å². The molecule has 0 aliphatic carbocycles. The molecule has 0 unspecified atom stereocenters. The van der Waals surface area contributed by atoms with Crippen molar-refractivity contribution < 1.29 is 19.1 Å². The zero-order chi connectivity index (χ0) is 22.8. The van der Waals surface area contributed by atoms with Crippen LogP contribution in [0, 0.1) is 0 Å². The van der Waals surface area contributed by atoms with Crippen molar-refractivity contribution in [2.75, 3.05) is 50.5 Å². The van der Waals surface area contributed by atoms with Crippen molar-refractivity contribution in [3.63, 3.8) is 0 Å². The lowest BCUT2D eigenvalue weighted by Crippen LogP contribution is -2.35. The number of hydrogen-bond donors (Lipinski definition) is 3. The number of hydrogen-bond acceptors (Lipinski definition) is 5. The molecule has 0 aromatic heterocycles. The molecular formula is C24H30N4O4. The number of nitrogens with zero attached hydrogens (tertiary/aromatic N) is 1. The minimum absolute atomic E-state index is 0.0263. The van der Waals surface area contributed by atoms with Crippen LogP contribution in [0.1, 0.15) is 40.0 Å². The number of amides is 3. The number of benzene rings is 2. The predicted molar refractivity (Wildman–Crippen MR) is 124 cm³/mol. The van der Waals surface area contributed by atoms with Crippen LogP contribution in [0.25, 0.3) is 0 Å². The molecule has 0 atom stereocenters. The van der Waals surface area contributed by atoms with E-state index in [1.54, 1.807) is 43.5 Å². The third-order valence-corrected chi connectivity index (χ3v) is 5.21. The zero-order valence-corrected chi connectivity index (χ0v) is 18.4. The minimum atomic E-state index is -0.255. The molecule has 3 N–H and O–H groups in total. The van der Waals surface area contributed by atoms with Crippen LogP contribution in [0.2, 0.25) is 0 Å². The second-order valence-corrected chi connectivity index (χ2v) is 7.66. The van der Waals surface area contributed by atoms with Crippen molar-refractivity contribution in [1.82, 2.24) is 10.2 Å². The maximum Gasteiger partial charge on any atom is 0.253 e. The van der Waals surface area contributed by atoms with E-state index in [4.69, 9.17) is 4.74 Å². The van der Waals surface area contributed by atoms with Crippen LogP contribution >= 0.6 is 0 Å². The maximum atomic E-state index is 12.7. The first kappa shape index (κ1) is 23.3. The zero-order valence-electron chi connectivity index (χ0n) is 18.4. The number of rotatable bonds is 9. The van der Waals surface area contributed by atoms with Gasteiger partial charge in [0.05, 0.1) is 13.2 Å². The Labute approximate surface area is 188 Å². The summed E-state index contributed by atoms with van der Waals surface area (Å²) in [5.74, 6) is -0.459. The summed E-state index contributed by atoms with van der Waals surface area (Å²) in [6.45, 7) is 2.46. The van der Waals surface area contributed by atoms with E-state index in [1.165, 1.54) is 6.42 Å². The minimum Gasteiger partial charge on any atom is -0.383 e. The Morgan fingerprint density at radius 2 is 1.62 bits per heavy atom. The van der Waals surface area contributed by atoms with E-state index >= 15 is 0 Å². The Morgan fingerprint density at radius 1 is 0.938 bits per heavy atom. The Hall–Kier alpha value is -3.39. The number of methoxy groups -OCH3 is 1. The van der Waals surface area contributed by atoms with Crippen molar-refractivity contribution in [2.24, 2.45) is 0 Å². The first-order chi connectivity index (χ1) is 15.6. The van der Waals surface area contributed by atoms with Gasteiger partial charge in [-0.1, -0.05) is 12.1 Å². The summed E-state index contributed by atoms with van der Waals surface area (Å²) in [5.41, 5.74) is 2.31. The SMILES string of the molecule is COCCNC(=O)c1cccc(NC(=O)CNc2cccc(C(=O)N3CCCCC3)c2)c1. The highest BCUT2D eigenvalue weighted by Gasteiger charge is 2.18. The molecule has 3 amide bonds. The van der Waals surface area contributed by atoms with Crippen LogP contribution in [0.5, 0.6) is 0 Å². The highest BCUT2D eigenvalue weighted by molar-refractivity contribution is 5.98. The normalized spacial score (nSPS) is 13.3. The van der Waals surface area contributed by atoms with Gasteiger partial charge < -0.3 is 25.6 Å². The molecule has 0 bridgehead atoms. The topological polar surface area (TPSA) is 99.8 Å². The van der Waals surface area contributed by atoms with Crippen molar-refractivity contribution in [2.45, 2.75) is 19.3 Å². The molecular weight excluding hydrogens is 408 g/mol. The summed E-state index contributed by atoms with van der Waals surface area (Å²) >= 11 is 0. The Balaban J connectivity index is 1.52. The third-order valence-electron chi connectivity index (χ3n) is 5.21. The predicted octanol–water partition coefficient (Wildman–Crippen LogP) is 2.74. The molecule has 3 rings (SSSR count). The van der Waals surface area contributed by atoms with Gasteiger partial charge in [0, 0.05) is 49.2 Å². The van der Waals surface area contributed by atoms with Gasteiger partial charge in [0.15, 0.2) is 0 Å². The second-order valence-electron chi connectivity index (χ2n) is 7.66. The van der Waals surface area contributed by atoms with Gasteiger partial charge in [0.1, 0.15) is 0 Å². The molecule has 1 aliphatic heterocycles. The summed E-state index contributed by atoms with van der Waals surface area (Å²) in [4.78, 5) is 39.1. The number of likely N-dealkylation sites (tertiary alicyclic amines) is 1. The van der Waals surface area contributed by atoms with Crippen molar-refractivity contribution in [3.05, 3.63) is 59.7 Å². The maximum absolute atomic E-state index is 12.7. The number of carbonyl (C=O) groups is 3. The molecule has 2 aromatic carbocycles. The largest absolute Gasteiger partial charge is 0.383 e. The first-order valence-electron chi connectivity index (χ1n) is 10.9. The summed E-state index contributed by atoms with van der Waals surface area (Å²) < 4.78 is 4.92. The van der Waals surface area contributed by atoms with Crippen molar-refractivity contribution in [1.29, 1.82) is 0 Å². The van der Waals surface area contributed by atoms with Gasteiger partial charge in [-0.05, 0) is 55.7 Å². The fraction of sp³-hybridized carbons (Fsp3) is 0.375. The quantitative estimate of drug-likeness (QED) is 0.523. The standard InChI is InChI=1S/C24H30N4O4/c1-32-14-11-25-23(30)18-7-5-10-21(15-18)27-22(29)17-26-20-9-6-8-19(16-20)24(31)28-12-3-2-4-13-28/h5-10,15-16,26H,2-4,11-14,17H2,1H3,(H,25,30)(H,27,29). The summed E-state index contributed by atoms with van der Waals surface area (Å²) in [7, 11) is 1.57. The van der Waals surface area contributed by atoms with E-state index < -0.39 is 0 Å². The van der Waals surface area contributed by atoms with E-state index in [-0.39, 0.29) is 24.3 Å². The van der Waals surface area contributed by atoms with Crippen LogP contribution < -0.4 is 16.0 Å². The fourth-order valence-corrected chi connectivity index (χ4v) is 3.54. The average molecular weight is 439 g/mol. The molecule has 32 heavy (non-hydrogen) atoms. The number of ether oxygens (including phenoxy) is 1.